The summed E-state index contributed by atoms with van der Waals surface area (Å²) in [5.41, 5.74) is 0. The summed E-state index contributed by atoms with van der Waals surface area (Å²) in [6.07, 6.45) is 10.0. The Morgan fingerprint density at radius 2 is 2.24 bits per heavy atom. The molecule has 0 saturated carbocycles. The van der Waals surface area contributed by atoms with Gasteiger partial charge < -0.3 is 5.32 Å². The van der Waals surface area contributed by atoms with E-state index in [1.54, 1.807) is 18.3 Å². The molecule has 0 aromatic carbocycles. The van der Waals surface area contributed by atoms with Gasteiger partial charge in [-0.05, 0) is 31.4 Å². The van der Waals surface area contributed by atoms with Crippen molar-refractivity contribution < 1.29 is 8.42 Å². The maximum atomic E-state index is 11.6. The molecule has 0 spiro atoms. The molecule has 1 unspecified atom stereocenters. The highest BCUT2D eigenvalue weighted by molar-refractivity contribution is 7.90. The first kappa shape index (κ1) is 12.1. The Bertz CT molecular complexity index is 523. The van der Waals surface area contributed by atoms with Gasteiger partial charge in [-0.25, -0.2) is 13.4 Å². The van der Waals surface area contributed by atoms with Crippen LogP contribution in [0.1, 0.15) is 19.3 Å². The van der Waals surface area contributed by atoms with Crippen LogP contribution in [0.3, 0.4) is 0 Å². The fourth-order valence-corrected chi connectivity index (χ4v) is 2.70. The summed E-state index contributed by atoms with van der Waals surface area (Å²) in [6, 6.07) is 3.50. The Hall–Kier alpha value is -1.36. The van der Waals surface area contributed by atoms with Crippen LogP contribution >= 0.6 is 0 Å². The quantitative estimate of drug-likeness (QED) is 0.836. The topological polar surface area (TPSA) is 59.1 Å². The number of sulfone groups is 1. The highest BCUT2D eigenvalue weighted by atomic mass is 32.2. The van der Waals surface area contributed by atoms with E-state index < -0.39 is 9.84 Å². The number of anilines is 1. The highest BCUT2D eigenvalue weighted by Gasteiger charge is 2.17. The van der Waals surface area contributed by atoms with Crippen LogP contribution in [0.2, 0.25) is 0 Å². The van der Waals surface area contributed by atoms with E-state index in [1.807, 2.05) is 0 Å². The van der Waals surface area contributed by atoms with E-state index in [2.05, 4.69) is 22.5 Å². The number of pyridine rings is 1. The van der Waals surface area contributed by atoms with Crippen LogP contribution < -0.4 is 5.32 Å². The number of hydrogen-bond acceptors (Lipinski definition) is 4. The second-order valence-corrected chi connectivity index (χ2v) is 6.23. The second-order valence-electron chi connectivity index (χ2n) is 4.25. The lowest BCUT2D eigenvalue weighted by molar-refractivity contribution is 0.600. The first-order valence-electron chi connectivity index (χ1n) is 5.64. The summed E-state index contributed by atoms with van der Waals surface area (Å²) in [5, 5.41) is 3.21. The van der Waals surface area contributed by atoms with E-state index in [1.165, 1.54) is 6.26 Å². The molecular weight excluding hydrogens is 236 g/mol. The number of allylic oxidation sites excluding steroid dienone is 1. The van der Waals surface area contributed by atoms with Gasteiger partial charge in [-0.1, -0.05) is 12.2 Å². The minimum absolute atomic E-state index is 0.273. The SMILES string of the molecule is CS(=O)(=O)c1cccnc1NC1CC=CCC1. The van der Waals surface area contributed by atoms with Crippen molar-refractivity contribution in [1.82, 2.24) is 4.98 Å². The normalized spacial score (nSPS) is 20.2. The van der Waals surface area contributed by atoms with Crippen LogP contribution in [0, 0.1) is 0 Å². The molecule has 92 valence electrons. The van der Waals surface area contributed by atoms with E-state index >= 15 is 0 Å². The standard InChI is InChI=1S/C12H16N2O2S/c1-17(15,16)11-8-5-9-13-12(11)14-10-6-3-2-4-7-10/h2-3,5,8-10H,4,6-7H2,1H3,(H,13,14). The lowest BCUT2D eigenvalue weighted by Crippen LogP contribution is -2.22. The molecule has 0 aliphatic heterocycles. The van der Waals surface area contributed by atoms with E-state index in [4.69, 9.17) is 0 Å². The minimum Gasteiger partial charge on any atom is -0.366 e. The van der Waals surface area contributed by atoms with Gasteiger partial charge in [0.1, 0.15) is 10.7 Å². The van der Waals surface area contributed by atoms with Crippen molar-refractivity contribution in [1.29, 1.82) is 0 Å². The number of aromatic nitrogens is 1. The molecule has 0 bridgehead atoms. The molecule has 1 aliphatic rings. The van der Waals surface area contributed by atoms with Gasteiger partial charge in [0.05, 0.1) is 0 Å². The van der Waals surface area contributed by atoms with Crippen molar-refractivity contribution in [2.24, 2.45) is 0 Å². The molecule has 4 nitrogen and oxygen atoms in total. The molecule has 0 amide bonds. The van der Waals surface area contributed by atoms with Gasteiger partial charge in [-0.3, -0.25) is 0 Å². The molecular formula is C12H16N2O2S. The molecule has 1 heterocycles. The molecule has 0 radical (unpaired) electrons. The summed E-state index contributed by atoms with van der Waals surface area (Å²) >= 11 is 0. The predicted molar refractivity (Wildman–Crippen MR) is 67.7 cm³/mol. The zero-order valence-electron chi connectivity index (χ0n) is 9.76. The molecule has 1 N–H and O–H groups in total. The maximum absolute atomic E-state index is 11.6. The molecule has 1 aromatic rings. The zero-order chi connectivity index (χ0) is 12.3. The third kappa shape index (κ3) is 3.06. The van der Waals surface area contributed by atoms with Crippen LogP contribution in [0.5, 0.6) is 0 Å². The summed E-state index contributed by atoms with van der Waals surface area (Å²) in [5.74, 6) is 0.468. The highest BCUT2D eigenvalue weighted by Crippen LogP contribution is 2.21. The number of rotatable bonds is 3. The van der Waals surface area contributed by atoms with Crippen molar-refractivity contribution in [3.63, 3.8) is 0 Å². The van der Waals surface area contributed by atoms with Crippen molar-refractivity contribution in [2.75, 3.05) is 11.6 Å². The van der Waals surface area contributed by atoms with Gasteiger partial charge in [-0.15, -0.1) is 0 Å². The van der Waals surface area contributed by atoms with Gasteiger partial charge in [0.15, 0.2) is 9.84 Å². The lowest BCUT2D eigenvalue weighted by atomic mass is 10.0. The molecule has 5 heteroatoms. The Labute approximate surface area is 102 Å². The lowest BCUT2D eigenvalue weighted by Gasteiger charge is -2.21. The van der Waals surface area contributed by atoms with Crippen LogP contribution in [0.15, 0.2) is 35.4 Å². The van der Waals surface area contributed by atoms with E-state index in [0.717, 1.165) is 19.3 Å². The molecule has 0 saturated heterocycles. The molecule has 1 atom stereocenters. The fourth-order valence-electron chi connectivity index (χ4n) is 1.92. The molecule has 1 aliphatic carbocycles. The number of nitrogens with one attached hydrogen (secondary N) is 1. The number of nitrogens with zero attached hydrogens (tertiary/aromatic N) is 1. The van der Waals surface area contributed by atoms with E-state index in [9.17, 15) is 8.42 Å². The molecule has 1 aromatic heterocycles. The summed E-state index contributed by atoms with van der Waals surface area (Å²) in [6.45, 7) is 0. The van der Waals surface area contributed by atoms with Crippen LogP contribution in [0.4, 0.5) is 5.82 Å². The van der Waals surface area contributed by atoms with Crippen molar-refractivity contribution >= 4 is 15.7 Å². The molecule has 17 heavy (non-hydrogen) atoms. The first-order chi connectivity index (χ1) is 8.07. The van der Waals surface area contributed by atoms with Gasteiger partial charge >= 0.3 is 0 Å². The van der Waals surface area contributed by atoms with Gasteiger partial charge in [0, 0.05) is 18.5 Å². The minimum atomic E-state index is -3.23. The number of hydrogen-bond donors (Lipinski definition) is 1. The largest absolute Gasteiger partial charge is 0.366 e. The van der Waals surface area contributed by atoms with E-state index in [0.29, 0.717) is 5.82 Å². The Morgan fingerprint density at radius 3 is 2.88 bits per heavy atom. The van der Waals surface area contributed by atoms with Gasteiger partial charge in [-0.2, -0.15) is 0 Å². The summed E-state index contributed by atoms with van der Waals surface area (Å²) in [4.78, 5) is 4.40. The van der Waals surface area contributed by atoms with Crippen LogP contribution in [0.25, 0.3) is 0 Å². The van der Waals surface area contributed by atoms with Crippen molar-refractivity contribution in [3.05, 3.63) is 30.5 Å². The van der Waals surface area contributed by atoms with Gasteiger partial charge in [0.2, 0.25) is 0 Å². The maximum Gasteiger partial charge on any atom is 0.179 e. The smallest absolute Gasteiger partial charge is 0.179 e. The molecule has 0 fully saturated rings. The monoisotopic (exact) mass is 252 g/mol. The van der Waals surface area contributed by atoms with E-state index in [-0.39, 0.29) is 10.9 Å². The van der Waals surface area contributed by atoms with Crippen molar-refractivity contribution in [3.8, 4) is 0 Å². The average molecular weight is 252 g/mol. The third-order valence-electron chi connectivity index (χ3n) is 2.78. The van der Waals surface area contributed by atoms with Crippen LogP contribution in [-0.2, 0) is 9.84 Å². The summed E-state index contributed by atoms with van der Waals surface area (Å²) in [7, 11) is -3.23. The Balaban J connectivity index is 2.24. The Kier molecular flexibility index (Phi) is 3.47. The predicted octanol–water partition coefficient (Wildman–Crippen LogP) is 2.01. The van der Waals surface area contributed by atoms with Gasteiger partial charge in [0.25, 0.3) is 0 Å². The first-order valence-corrected chi connectivity index (χ1v) is 7.53. The summed E-state index contributed by atoms with van der Waals surface area (Å²) < 4.78 is 23.2. The fraction of sp³-hybridized carbons (Fsp3) is 0.417. The zero-order valence-corrected chi connectivity index (χ0v) is 10.6. The van der Waals surface area contributed by atoms with Crippen LogP contribution in [-0.4, -0.2) is 25.7 Å². The van der Waals surface area contributed by atoms with Crippen molar-refractivity contribution in [2.45, 2.75) is 30.2 Å². The second kappa shape index (κ2) is 4.87. The average Bonchev–Trinajstić information content (AvgIpc) is 2.30. The molecule has 2 rings (SSSR count). The third-order valence-corrected chi connectivity index (χ3v) is 3.91. The Morgan fingerprint density at radius 1 is 1.41 bits per heavy atom.